The Morgan fingerprint density at radius 3 is 2.94 bits per heavy atom. The summed E-state index contributed by atoms with van der Waals surface area (Å²) in [7, 11) is 0. The van der Waals surface area contributed by atoms with Gasteiger partial charge in [0.05, 0.1) is 18.3 Å². The van der Waals surface area contributed by atoms with Crippen molar-refractivity contribution in [1.82, 2.24) is 10.3 Å². The van der Waals surface area contributed by atoms with Crippen LogP contribution in [0, 0.1) is 0 Å². The lowest BCUT2D eigenvalue weighted by molar-refractivity contribution is -0.122. The largest absolute Gasteiger partial charge is 0.396 e. The molecule has 0 aliphatic rings. The summed E-state index contributed by atoms with van der Waals surface area (Å²) < 4.78 is 0. The standard InChI is InChI=1S/C12H19N3O2/c13-11(6-2-4-8-16)12(17)15-9-10-5-1-3-7-14-10/h1,3,5,7,11,16H,2,4,6,8-9,13H2,(H,15,17). The zero-order valence-electron chi connectivity index (χ0n) is 9.80. The fourth-order valence-electron chi connectivity index (χ4n) is 1.42. The number of aliphatic hydroxyl groups is 1. The molecule has 1 aromatic heterocycles. The van der Waals surface area contributed by atoms with E-state index in [0.29, 0.717) is 19.4 Å². The molecule has 0 spiro atoms. The predicted molar refractivity (Wildman–Crippen MR) is 65.0 cm³/mol. The topological polar surface area (TPSA) is 88.2 Å². The molecular weight excluding hydrogens is 218 g/mol. The van der Waals surface area contributed by atoms with Crippen LogP contribution in [0.2, 0.25) is 0 Å². The van der Waals surface area contributed by atoms with Gasteiger partial charge in [0.2, 0.25) is 5.91 Å². The Bertz CT molecular complexity index is 330. The summed E-state index contributed by atoms with van der Waals surface area (Å²) in [6.45, 7) is 0.537. The number of pyridine rings is 1. The van der Waals surface area contributed by atoms with Crippen molar-refractivity contribution >= 4 is 5.91 Å². The molecule has 0 bridgehead atoms. The highest BCUT2D eigenvalue weighted by Crippen LogP contribution is 1.99. The lowest BCUT2D eigenvalue weighted by Gasteiger charge is -2.11. The molecule has 94 valence electrons. The number of nitrogens with one attached hydrogen (secondary N) is 1. The fraction of sp³-hybridized carbons (Fsp3) is 0.500. The molecule has 4 N–H and O–H groups in total. The van der Waals surface area contributed by atoms with Crippen molar-refractivity contribution in [3.05, 3.63) is 30.1 Å². The van der Waals surface area contributed by atoms with Crippen molar-refractivity contribution in [3.8, 4) is 0 Å². The molecule has 1 unspecified atom stereocenters. The van der Waals surface area contributed by atoms with Gasteiger partial charge in [0.1, 0.15) is 0 Å². The Balaban J connectivity index is 2.24. The van der Waals surface area contributed by atoms with Crippen LogP contribution in [0.25, 0.3) is 0 Å². The van der Waals surface area contributed by atoms with E-state index in [9.17, 15) is 4.79 Å². The normalized spacial score (nSPS) is 12.1. The van der Waals surface area contributed by atoms with Gasteiger partial charge in [0.15, 0.2) is 0 Å². The van der Waals surface area contributed by atoms with Gasteiger partial charge in [0, 0.05) is 12.8 Å². The van der Waals surface area contributed by atoms with Crippen LogP contribution in [0.5, 0.6) is 0 Å². The van der Waals surface area contributed by atoms with Crippen molar-refractivity contribution in [1.29, 1.82) is 0 Å². The second-order valence-electron chi connectivity index (χ2n) is 3.86. The molecule has 1 heterocycles. The molecule has 5 nitrogen and oxygen atoms in total. The second kappa shape index (κ2) is 7.76. The molecule has 0 saturated carbocycles. The number of aliphatic hydroxyl groups excluding tert-OH is 1. The summed E-state index contributed by atoms with van der Waals surface area (Å²) in [5, 5.41) is 11.4. The molecule has 5 heteroatoms. The van der Waals surface area contributed by atoms with Crippen molar-refractivity contribution < 1.29 is 9.90 Å². The molecule has 0 aliphatic carbocycles. The van der Waals surface area contributed by atoms with Crippen LogP contribution < -0.4 is 11.1 Å². The van der Waals surface area contributed by atoms with Gasteiger partial charge in [-0.15, -0.1) is 0 Å². The van der Waals surface area contributed by atoms with Crippen molar-refractivity contribution in [2.45, 2.75) is 31.8 Å². The van der Waals surface area contributed by atoms with E-state index in [1.165, 1.54) is 0 Å². The van der Waals surface area contributed by atoms with E-state index >= 15 is 0 Å². The van der Waals surface area contributed by atoms with E-state index in [4.69, 9.17) is 10.8 Å². The third-order valence-electron chi connectivity index (χ3n) is 2.43. The quantitative estimate of drug-likeness (QED) is 0.591. The number of rotatable bonds is 7. The SMILES string of the molecule is NC(CCCCO)C(=O)NCc1ccccn1. The first-order valence-corrected chi connectivity index (χ1v) is 5.78. The highest BCUT2D eigenvalue weighted by atomic mass is 16.2. The van der Waals surface area contributed by atoms with Crippen molar-refractivity contribution in [2.75, 3.05) is 6.61 Å². The van der Waals surface area contributed by atoms with Gasteiger partial charge >= 0.3 is 0 Å². The minimum absolute atomic E-state index is 0.141. The van der Waals surface area contributed by atoms with Crippen LogP contribution in [0.15, 0.2) is 24.4 Å². The maximum Gasteiger partial charge on any atom is 0.237 e. The first kappa shape index (κ1) is 13.6. The number of hydrogen-bond donors (Lipinski definition) is 3. The Kier molecular flexibility index (Phi) is 6.21. The van der Waals surface area contributed by atoms with Crippen LogP contribution in [0.4, 0.5) is 0 Å². The van der Waals surface area contributed by atoms with Crippen molar-refractivity contribution in [3.63, 3.8) is 0 Å². The van der Waals surface area contributed by atoms with E-state index in [-0.39, 0.29) is 12.5 Å². The minimum atomic E-state index is -0.509. The van der Waals surface area contributed by atoms with Gasteiger partial charge in [-0.1, -0.05) is 6.07 Å². The van der Waals surface area contributed by atoms with Crippen molar-refractivity contribution in [2.24, 2.45) is 5.73 Å². The number of carbonyl (C=O) groups is 1. The van der Waals surface area contributed by atoms with Crippen LogP contribution in [0.3, 0.4) is 0 Å². The Labute approximate surface area is 101 Å². The Morgan fingerprint density at radius 1 is 1.47 bits per heavy atom. The zero-order valence-corrected chi connectivity index (χ0v) is 9.80. The first-order valence-electron chi connectivity index (χ1n) is 5.78. The van der Waals surface area contributed by atoms with E-state index in [1.54, 1.807) is 6.20 Å². The molecule has 1 rings (SSSR count). The highest BCUT2D eigenvalue weighted by molar-refractivity contribution is 5.81. The van der Waals surface area contributed by atoms with E-state index in [0.717, 1.165) is 12.1 Å². The molecule has 1 amide bonds. The number of nitrogens with zero attached hydrogens (tertiary/aromatic N) is 1. The fourth-order valence-corrected chi connectivity index (χ4v) is 1.42. The third-order valence-corrected chi connectivity index (χ3v) is 2.43. The summed E-state index contributed by atoms with van der Waals surface area (Å²) >= 11 is 0. The van der Waals surface area contributed by atoms with Crippen LogP contribution in [-0.2, 0) is 11.3 Å². The van der Waals surface area contributed by atoms with Gasteiger partial charge < -0.3 is 16.2 Å². The summed E-state index contributed by atoms with van der Waals surface area (Å²) in [4.78, 5) is 15.7. The smallest absolute Gasteiger partial charge is 0.237 e. The van der Waals surface area contributed by atoms with E-state index < -0.39 is 6.04 Å². The molecule has 0 fully saturated rings. The summed E-state index contributed by atoms with van der Waals surface area (Å²) in [5.74, 6) is -0.173. The minimum Gasteiger partial charge on any atom is -0.396 e. The number of unbranched alkanes of at least 4 members (excludes halogenated alkanes) is 1. The molecule has 1 atom stereocenters. The van der Waals surface area contributed by atoms with Gasteiger partial charge in [-0.2, -0.15) is 0 Å². The van der Waals surface area contributed by atoms with Gasteiger partial charge in [-0.25, -0.2) is 0 Å². The molecular formula is C12H19N3O2. The number of carbonyl (C=O) groups excluding carboxylic acids is 1. The molecule has 0 aliphatic heterocycles. The summed E-state index contributed by atoms with van der Waals surface area (Å²) in [6.07, 6.45) is 3.72. The number of amides is 1. The second-order valence-corrected chi connectivity index (χ2v) is 3.86. The van der Waals surface area contributed by atoms with E-state index in [2.05, 4.69) is 10.3 Å². The average molecular weight is 237 g/mol. The zero-order chi connectivity index (χ0) is 12.5. The maximum absolute atomic E-state index is 11.6. The molecule has 17 heavy (non-hydrogen) atoms. The average Bonchev–Trinajstić information content (AvgIpc) is 2.37. The predicted octanol–water partition coefficient (Wildman–Crippen LogP) is 0.188. The van der Waals surface area contributed by atoms with Gasteiger partial charge in [-0.3, -0.25) is 9.78 Å². The summed E-state index contributed by atoms with van der Waals surface area (Å²) in [5.41, 5.74) is 6.52. The monoisotopic (exact) mass is 237 g/mol. The lowest BCUT2D eigenvalue weighted by atomic mass is 10.1. The number of nitrogens with two attached hydrogens (primary N) is 1. The summed E-state index contributed by atoms with van der Waals surface area (Å²) in [6, 6.07) is 5.03. The van der Waals surface area contributed by atoms with Crippen LogP contribution in [0.1, 0.15) is 25.0 Å². The van der Waals surface area contributed by atoms with Crippen LogP contribution in [-0.4, -0.2) is 28.6 Å². The molecule has 0 saturated heterocycles. The molecule has 0 radical (unpaired) electrons. The lowest BCUT2D eigenvalue weighted by Crippen LogP contribution is -2.40. The molecule has 0 aromatic carbocycles. The maximum atomic E-state index is 11.6. The Morgan fingerprint density at radius 2 is 2.29 bits per heavy atom. The highest BCUT2D eigenvalue weighted by Gasteiger charge is 2.12. The van der Waals surface area contributed by atoms with Gasteiger partial charge in [0.25, 0.3) is 0 Å². The van der Waals surface area contributed by atoms with Gasteiger partial charge in [-0.05, 0) is 31.4 Å². The molecule has 1 aromatic rings. The number of hydrogen-bond acceptors (Lipinski definition) is 4. The number of aromatic nitrogens is 1. The Hall–Kier alpha value is -1.46. The van der Waals surface area contributed by atoms with Crippen LogP contribution >= 0.6 is 0 Å². The third kappa shape index (κ3) is 5.42. The first-order chi connectivity index (χ1) is 8.24. The van der Waals surface area contributed by atoms with E-state index in [1.807, 2.05) is 18.2 Å².